The van der Waals surface area contributed by atoms with Gasteiger partial charge in [-0.05, 0) is 60.0 Å². The molecule has 4 aromatic carbocycles. The number of benzene rings is 3. The first-order valence-corrected chi connectivity index (χ1v) is 10.5. The Kier molecular flexibility index (Phi) is 6.43. The maximum absolute atomic E-state index is 13.8. The molecule has 6 nitrogen and oxygen atoms in total. The molecule has 4 aromatic rings. The molecule has 8 heteroatoms. The number of anilines is 3. The lowest BCUT2D eigenvalue weighted by Gasteiger charge is -2.25. The van der Waals surface area contributed by atoms with Crippen LogP contribution in [0.25, 0.3) is 0 Å². The van der Waals surface area contributed by atoms with E-state index in [4.69, 9.17) is 15.2 Å². The van der Waals surface area contributed by atoms with Crippen LogP contribution in [-0.2, 0) is 4.74 Å². The Balaban J connectivity index is 1.68. The molecule has 0 aliphatic heterocycles. The highest BCUT2D eigenvalue weighted by atomic mass is 19.2. The third-order valence-electron chi connectivity index (χ3n) is 5.58. The summed E-state index contributed by atoms with van der Waals surface area (Å²) in [4.78, 5) is 23.2. The second kappa shape index (κ2) is 9.44. The van der Waals surface area contributed by atoms with Crippen LogP contribution < -0.4 is 26.6 Å². The molecule has 0 aliphatic carbocycles. The molecule has 4 rings (SSSR count). The van der Waals surface area contributed by atoms with Gasteiger partial charge < -0.3 is 20.5 Å². The summed E-state index contributed by atoms with van der Waals surface area (Å²) in [5, 5.41) is 2.89. The molecule has 0 heterocycles. The van der Waals surface area contributed by atoms with Crippen LogP contribution in [0, 0.1) is 11.6 Å². The molecule has 0 saturated heterocycles. The van der Waals surface area contributed by atoms with Gasteiger partial charge in [-0.2, -0.15) is 0 Å². The average Bonchev–Trinajstić information content (AvgIpc) is 2.87. The highest BCUT2D eigenvalue weighted by Gasteiger charge is 2.22. The first-order valence-electron chi connectivity index (χ1n) is 10.5. The number of rotatable bonds is 8. The first kappa shape index (κ1) is 23.1. The zero-order valence-corrected chi connectivity index (χ0v) is 18.5. The normalized spacial score (nSPS) is 12.9. The summed E-state index contributed by atoms with van der Waals surface area (Å²) in [6.45, 7) is 1.75. The van der Waals surface area contributed by atoms with Crippen molar-refractivity contribution in [3.05, 3.63) is 116 Å². The van der Waals surface area contributed by atoms with Crippen LogP contribution in [0.1, 0.15) is 35.8 Å². The van der Waals surface area contributed by atoms with Gasteiger partial charge in [0.1, 0.15) is 23.2 Å². The van der Waals surface area contributed by atoms with E-state index in [1.807, 2.05) is 18.2 Å². The van der Waals surface area contributed by atoms with Crippen molar-refractivity contribution in [1.29, 1.82) is 0 Å². The van der Waals surface area contributed by atoms with Gasteiger partial charge in [0.05, 0.1) is 13.2 Å². The van der Waals surface area contributed by atoms with Gasteiger partial charge in [0, 0.05) is 5.69 Å². The number of halogens is 2. The highest BCUT2D eigenvalue weighted by Crippen LogP contribution is 2.34. The van der Waals surface area contributed by atoms with E-state index in [1.54, 1.807) is 44.4 Å². The summed E-state index contributed by atoms with van der Waals surface area (Å²) in [6.07, 6.45) is -1.18. The minimum Gasteiger partial charge on any atom is -0.497 e. The lowest BCUT2D eigenvalue weighted by atomic mass is 9.99. The van der Waals surface area contributed by atoms with Crippen LogP contribution >= 0.6 is 0 Å². The summed E-state index contributed by atoms with van der Waals surface area (Å²) in [5.41, 5.74) is 6.73. The van der Waals surface area contributed by atoms with Crippen LogP contribution in [0.5, 0.6) is 5.75 Å². The third kappa shape index (κ3) is 4.53. The summed E-state index contributed by atoms with van der Waals surface area (Å²) < 4.78 is 38.7. The predicted molar refractivity (Wildman–Crippen MR) is 126 cm³/mol. The molecule has 0 spiro atoms. The number of nitrogens with one attached hydrogen (secondary N) is 1. The fourth-order valence-corrected chi connectivity index (χ4v) is 3.63. The van der Waals surface area contributed by atoms with Crippen LogP contribution in [0.4, 0.5) is 25.8 Å². The van der Waals surface area contributed by atoms with E-state index in [-0.39, 0.29) is 11.4 Å². The summed E-state index contributed by atoms with van der Waals surface area (Å²) in [5.74, 6) is -1.22. The molecule has 0 saturated carbocycles. The second-order valence-electron chi connectivity index (χ2n) is 7.80. The number of nitrogen functional groups attached to an aromatic ring is 1. The Morgan fingerprint density at radius 1 is 0.853 bits per heavy atom. The topological polar surface area (TPSA) is 90.7 Å². The first-order chi connectivity index (χ1) is 16.3. The number of nitrogens with two attached hydrogens (primary N) is 1. The van der Waals surface area contributed by atoms with E-state index in [0.29, 0.717) is 17.0 Å². The van der Waals surface area contributed by atoms with Gasteiger partial charge in [-0.25, -0.2) is 8.78 Å². The van der Waals surface area contributed by atoms with E-state index < -0.39 is 34.7 Å². The minimum atomic E-state index is -0.953. The lowest BCUT2D eigenvalue weighted by molar-refractivity contribution is 0.0179. The van der Waals surface area contributed by atoms with Gasteiger partial charge >= 0.3 is 0 Å². The summed E-state index contributed by atoms with van der Waals surface area (Å²) in [7, 11) is 1.57. The number of hydrogen-bond donors (Lipinski definition) is 2. The molecule has 0 aliphatic rings. The maximum atomic E-state index is 13.8. The molecule has 3 N–H and O–H groups in total. The number of hydrogen-bond acceptors (Lipinski definition) is 6. The van der Waals surface area contributed by atoms with Gasteiger partial charge in [0.15, 0.2) is 11.6 Å². The maximum Gasteiger partial charge on any atom is 0.253 e. The number of ether oxygens (including phenoxy) is 2. The fraction of sp³-hybridized carbons (Fsp3) is 0.154. The Bertz CT molecular complexity index is 1400. The van der Waals surface area contributed by atoms with Crippen molar-refractivity contribution in [3.8, 4) is 5.75 Å². The minimum absolute atomic E-state index is 0.0548. The molecular formula is C26H22F2N2O4. The Morgan fingerprint density at radius 3 is 2.21 bits per heavy atom. The van der Waals surface area contributed by atoms with Crippen LogP contribution in [-0.4, -0.2) is 7.11 Å². The molecule has 0 fully saturated rings. The molecule has 2 atom stereocenters. The van der Waals surface area contributed by atoms with E-state index >= 15 is 0 Å². The molecule has 2 unspecified atom stereocenters. The van der Waals surface area contributed by atoms with Crippen molar-refractivity contribution >= 4 is 17.1 Å². The molecule has 0 radical (unpaired) electrons. The fourth-order valence-electron chi connectivity index (χ4n) is 3.63. The van der Waals surface area contributed by atoms with Gasteiger partial charge in [0.2, 0.25) is 0 Å². The van der Waals surface area contributed by atoms with E-state index in [0.717, 1.165) is 23.3 Å². The van der Waals surface area contributed by atoms with Crippen molar-refractivity contribution in [2.45, 2.75) is 19.1 Å². The van der Waals surface area contributed by atoms with Crippen LogP contribution in [0.2, 0.25) is 0 Å². The van der Waals surface area contributed by atoms with Gasteiger partial charge in [-0.1, -0.05) is 30.3 Å². The molecule has 0 amide bonds. The SMILES string of the molecule is COc1ccc(C(OC(C)c2ccc(F)c(F)c2)c2cccc(Nc3c(N)c(=O)c3=O)c2)cc1. The molecule has 34 heavy (non-hydrogen) atoms. The zero-order valence-electron chi connectivity index (χ0n) is 18.5. The van der Waals surface area contributed by atoms with Crippen molar-refractivity contribution in [2.75, 3.05) is 18.2 Å². The monoisotopic (exact) mass is 464 g/mol. The van der Waals surface area contributed by atoms with Crippen LogP contribution in [0.3, 0.4) is 0 Å². The third-order valence-corrected chi connectivity index (χ3v) is 5.58. The molecule has 174 valence electrons. The van der Waals surface area contributed by atoms with Crippen molar-refractivity contribution in [2.24, 2.45) is 0 Å². The lowest BCUT2D eigenvalue weighted by Crippen LogP contribution is -2.36. The zero-order chi connectivity index (χ0) is 24.4. The largest absolute Gasteiger partial charge is 0.497 e. The molecule has 0 bridgehead atoms. The Hall–Kier alpha value is -4.04. The average molecular weight is 464 g/mol. The van der Waals surface area contributed by atoms with E-state index in [2.05, 4.69) is 5.32 Å². The molecule has 0 aromatic heterocycles. The van der Waals surface area contributed by atoms with E-state index in [9.17, 15) is 18.4 Å². The summed E-state index contributed by atoms with van der Waals surface area (Å²) in [6, 6.07) is 18.0. The van der Waals surface area contributed by atoms with Crippen molar-refractivity contribution < 1.29 is 18.3 Å². The molecular weight excluding hydrogens is 442 g/mol. The summed E-state index contributed by atoms with van der Waals surface area (Å²) >= 11 is 0. The smallest absolute Gasteiger partial charge is 0.253 e. The van der Waals surface area contributed by atoms with Crippen LogP contribution in [0.15, 0.2) is 76.3 Å². The highest BCUT2D eigenvalue weighted by molar-refractivity contribution is 5.76. The van der Waals surface area contributed by atoms with Gasteiger partial charge in [0.25, 0.3) is 10.9 Å². The van der Waals surface area contributed by atoms with Crippen molar-refractivity contribution in [3.63, 3.8) is 0 Å². The van der Waals surface area contributed by atoms with Crippen molar-refractivity contribution in [1.82, 2.24) is 0 Å². The van der Waals surface area contributed by atoms with Gasteiger partial charge in [-0.3, -0.25) is 9.59 Å². The Morgan fingerprint density at radius 2 is 1.56 bits per heavy atom. The quantitative estimate of drug-likeness (QED) is 0.366. The van der Waals surface area contributed by atoms with E-state index in [1.165, 1.54) is 6.07 Å². The number of methoxy groups -OCH3 is 1. The van der Waals surface area contributed by atoms with Gasteiger partial charge in [-0.15, -0.1) is 0 Å². The predicted octanol–water partition coefficient (Wildman–Crippen LogP) is 4.76. The Labute approximate surface area is 194 Å². The standard InChI is InChI=1S/C26H22F2N2O4/c1-14(16-8-11-20(27)21(28)13-16)34-26(15-6-9-19(33-2)10-7-15)17-4-3-5-18(12-17)30-23-22(29)24(31)25(23)32/h3-14,26,30H,29H2,1-2H3. The second-order valence-corrected chi connectivity index (χ2v) is 7.80.